The van der Waals surface area contributed by atoms with Gasteiger partial charge in [0.2, 0.25) is 15.9 Å². The van der Waals surface area contributed by atoms with Crippen molar-refractivity contribution in [2.24, 2.45) is 0 Å². The third kappa shape index (κ3) is 5.80. The van der Waals surface area contributed by atoms with Crippen LogP contribution in [-0.4, -0.2) is 47.0 Å². The summed E-state index contributed by atoms with van der Waals surface area (Å²) in [6.07, 6.45) is 3.55. The lowest BCUT2D eigenvalue weighted by Crippen LogP contribution is -2.30. The number of furan rings is 1. The molecule has 8 nitrogen and oxygen atoms in total. The molecule has 0 fully saturated rings. The van der Waals surface area contributed by atoms with Crippen LogP contribution in [0.5, 0.6) is 0 Å². The van der Waals surface area contributed by atoms with Crippen LogP contribution in [0.25, 0.3) is 11.0 Å². The van der Waals surface area contributed by atoms with E-state index in [4.69, 9.17) is 9.40 Å². The van der Waals surface area contributed by atoms with Gasteiger partial charge in [0.05, 0.1) is 34.0 Å². The fourth-order valence-electron chi connectivity index (χ4n) is 3.63. The Kier molecular flexibility index (Phi) is 8.61. The number of hydrogen-bond acceptors (Lipinski definition) is 6. The van der Waals surface area contributed by atoms with E-state index in [0.717, 1.165) is 24.9 Å². The van der Waals surface area contributed by atoms with E-state index in [1.165, 1.54) is 16.1 Å². The maximum absolute atomic E-state index is 12.9. The molecule has 1 aromatic carbocycles. The molecule has 3 rings (SSSR count). The number of nitrogens with one attached hydrogen (secondary N) is 1. The summed E-state index contributed by atoms with van der Waals surface area (Å²) in [7, 11) is -3.57. The molecule has 0 aliphatic carbocycles. The van der Waals surface area contributed by atoms with Crippen LogP contribution in [0.3, 0.4) is 0 Å². The lowest BCUT2D eigenvalue weighted by molar-refractivity contribution is -0.119. The molecule has 0 aliphatic heterocycles. The van der Waals surface area contributed by atoms with Gasteiger partial charge < -0.3 is 14.3 Å². The van der Waals surface area contributed by atoms with Crippen molar-refractivity contribution in [1.29, 1.82) is 0 Å². The van der Waals surface area contributed by atoms with Crippen LogP contribution in [0.1, 0.15) is 52.3 Å². The minimum atomic E-state index is -3.57. The third-order valence-electron chi connectivity index (χ3n) is 5.44. The Morgan fingerprint density at radius 1 is 1.24 bits per heavy atom. The first kappa shape index (κ1) is 25.3. The Labute approximate surface area is 199 Å². The average molecular weight is 493 g/mol. The standard InChI is InChI=1S/C23H32N4O4S2/c1-5-8-13-27-20-12-11-18(33(29,30)26(6-2)7-3)15-19(20)25-23(27)32-16-22(28)24-17(4)21-10-9-14-31-21/h9-12,14-15,17H,5-8,13,16H2,1-4H3,(H,24,28). The summed E-state index contributed by atoms with van der Waals surface area (Å²) in [6.45, 7) is 9.21. The second kappa shape index (κ2) is 11.2. The number of aromatic nitrogens is 2. The van der Waals surface area contributed by atoms with E-state index in [-0.39, 0.29) is 22.6 Å². The Bertz CT molecular complexity index is 1170. The van der Waals surface area contributed by atoms with Gasteiger partial charge in [-0.05, 0) is 43.7 Å². The molecule has 2 aromatic heterocycles. The van der Waals surface area contributed by atoms with Crippen molar-refractivity contribution in [2.75, 3.05) is 18.8 Å². The van der Waals surface area contributed by atoms with Gasteiger partial charge in [-0.3, -0.25) is 4.79 Å². The minimum Gasteiger partial charge on any atom is -0.467 e. The number of nitrogens with zero attached hydrogens (tertiary/aromatic N) is 3. The quantitative estimate of drug-likeness (QED) is 0.376. The summed E-state index contributed by atoms with van der Waals surface area (Å²) in [6, 6.07) is 8.49. The first-order chi connectivity index (χ1) is 15.8. The SMILES string of the molecule is CCCCn1c(SCC(=O)NC(C)c2ccco2)nc2cc(S(=O)(=O)N(CC)CC)ccc21. The predicted octanol–water partition coefficient (Wildman–Crippen LogP) is 4.43. The van der Waals surface area contributed by atoms with Crippen LogP contribution in [0.4, 0.5) is 0 Å². The third-order valence-corrected chi connectivity index (χ3v) is 8.47. The fourth-order valence-corrected chi connectivity index (χ4v) is 5.96. The van der Waals surface area contributed by atoms with Gasteiger partial charge in [0.25, 0.3) is 0 Å². The van der Waals surface area contributed by atoms with Gasteiger partial charge in [0.15, 0.2) is 5.16 Å². The smallest absolute Gasteiger partial charge is 0.243 e. The Morgan fingerprint density at radius 3 is 2.64 bits per heavy atom. The van der Waals surface area contributed by atoms with Crippen LogP contribution in [0, 0.1) is 0 Å². The number of sulfonamides is 1. The zero-order valence-corrected chi connectivity index (χ0v) is 21.2. The van der Waals surface area contributed by atoms with Gasteiger partial charge in [0, 0.05) is 19.6 Å². The molecule has 3 aromatic rings. The van der Waals surface area contributed by atoms with Crippen molar-refractivity contribution in [3.05, 3.63) is 42.4 Å². The molecule has 0 aliphatic rings. The largest absolute Gasteiger partial charge is 0.467 e. The number of rotatable bonds is 12. The zero-order valence-electron chi connectivity index (χ0n) is 19.6. The van der Waals surface area contributed by atoms with Crippen molar-refractivity contribution >= 4 is 38.7 Å². The summed E-state index contributed by atoms with van der Waals surface area (Å²) in [5.74, 6) is 0.777. The van der Waals surface area contributed by atoms with Gasteiger partial charge in [0.1, 0.15) is 5.76 Å². The molecule has 10 heteroatoms. The minimum absolute atomic E-state index is 0.122. The maximum atomic E-state index is 12.9. The van der Waals surface area contributed by atoms with E-state index in [1.807, 2.05) is 32.9 Å². The Hall–Kier alpha value is -2.30. The highest BCUT2D eigenvalue weighted by atomic mass is 32.2. The van der Waals surface area contributed by atoms with E-state index in [0.29, 0.717) is 29.5 Å². The molecule has 1 amide bonds. The molecule has 0 spiro atoms. The molecule has 33 heavy (non-hydrogen) atoms. The number of fused-ring (bicyclic) bond motifs is 1. The molecule has 2 heterocycles. The van der Waals surface area contributed by atoms with Gasteiger partial charge in [-0.15, -0.1) is 0 Å². The number of aryl methyl sites for hydroxylation is 1. The topological polar surface area (TPSA) is 97.4 Å². The summed E-state index contributed by atoms with van der Waals surface area (Å²) in [5.41, 5.74) is 1.49. The molecule has 180 valence electrons. The number of amides is 1. The lowest BCUT2D eigenvalue weighted by Gasteiger charge is -2.18. The van der Waals surface area contributed by atoms with Crippen molar-refractivity contribution in [1.82, 2.24) is 19.2 Å². The van der Waals surface area contributed by atoms with Crippen molar-refractivity contribution in [3.8, 4) is 0 Å². The van der Waals surface area contributed by atoms with Crippen LogP contribution >= 0.6 is 11.8 Å². The van der Waals surface area contributed by atoms with E-state index in [2.05, 4.69) is 16.8 Å². The molecular weight excluding hydrogens is 460 g/mol. The maximum Gasteiger partial charge on any atom is 0.243 e. The highest BCUT2D eigenvalue weighted by Crippen LogP contribution is 2.28. The fraction of sp³-hybridized carbons (Fsp3) is 0.478. The average Bonchev–Trinajstić information content (AvgIpc) is 3.44. The van der Waals surface area contributed by atoms with E-state index >= 15 is 0 Å². The van der Waals surface area contributed by atoms with Crippen molar-refractivity contribution in [3.63, 3.8) is 0 Å². The highest BCUT2D eigenvalue weighted by Gasteiger charge is 2.23. The number of hydrogen-bond donors (Lipinski definition) is 1. The molecule has 1 atom stereocenters. The van der Waals surface area contributed by atoms with E-state index < -0.39 is 10.0 Å². The van der Waals surface area contributed by atoms with Crippen LogP contribution in [0.15, 0.2) is 51.1 Å². The van der Waals surface area contributed by atoms with Gasteiger partial charge in [-0.1, -0.05) is 39.0 Å². The summed E-state index contributed by atoms with van der Waals surface area (Å²) in [5, 5.41) is 3.63. The van der Waals surface area contributed by atoms with Gasteiger partial charge in [-0.2, -0.15) is 4.31 Å². The number of thioether (sulfide) groups is 1. The van der Waals surface area contributed by atoms with E-state index in [9.17, 15) is 13.2 Å². The summed E-state index contributed by atoms with van der Waals surface area (Å²) in [4.78, 5) is 17.4. The molecular formula is C23H32N4O4S2. The number of imidazole rings is 1. The molecule has 0 bridgehead atoms. The number of unbranched alkanes of at least 4 members (excludes halogenated alkanes) is 1. The van der Waals surface area contributed by atoms with Gasteiger partial charge in [-0.25, -0.2) is 13.4 Å². The molecule has 0 saturated heterocycles. The highest BCUT2D eigenvalue weighted by molar-refractivity contribution is 7.99. The normalized spacial score (nSPS) is 13.0. The molecule has 0 radical (unpaired) electrons. The number of carbonyl (C=O) groups excluding carboxylic acids is 1. The monoisotopic (exact) mass is 492 g/mol. The molecule has 1 unspecified atom stereocenters. The van der Waals surface area contributed by atoms with Gasteiger partial charge >= 0.3 is 0 Å². The van der Waals surface area contributed by atoms with Crippen molar-refractivity contribution in [2.45, 2.75) is 63.2 Å². The summed E-state index contributed by atoms with van der Waals surface area (Å²) < 4.78 is 34.7. The first-order valence-corrected chi connectivity index (χ1v) is 13.7. The Balaban J connectivity index is 1.83. The zero-order chi connectivity index (χ0) is 24.0. The lowest BCUT2D eigenvalue weighted by atomic mass is 10.2. The van der Waals surface area contributed by atoms with Crippen molar-refractivity contribution < 1.29 is 17.6 Å². The van der Waals surface area contributed by atoms with E-state index in [1.54, 1.807) is 24.5 Å². The summed E-state index contributed by atoms with van der Waals surface area (Å²) >= 11 is 1.35. The second-order valence-corrected chi connectivity index (χ2v) is 10.6. The number of carbonyl (C=O) groups is 1. The second-order valence-electron chi connectivity index (χ2n) is 7.73. The molecule has 0 saturated carbocycles. The predicted molar refractivity (Wildman–Crippen MR) is 131 cm³/mol. The van der Waals surface area contributed by atoms with Crippen LogP contribution in [0.2, 0.25) is 0 Å². The first-order valence-electron chi connectivity index (χ1n) is 11.3. The Morgan fingerprint density at radius 2 is 2.00 bits per heavy atom. The molecule has 1 N–H and O–H groups in total. The number of benzene rings is 1. The van der Waals surface area contributed by atoms with Crippen LogP contribution < -0.4 is 5.32 Å². The van der Waals surface area contributed by atoms with Crippen LogP contribution in [-0.2, 0) is 21.4 Å².